The number of nitrogens with zero attached hydrogens (tertiary/aromatic N) is 1. The van der Waals surface area contributed by atoms with Crippen LogP contribution in [0.5, 0.6) is 5.75 Å². The van der Waals surface area contributed by atoms with Crippen molar-refractivity contribution in [3.05, 3.63) is 68.5 Å². The average Bonchev–Trinajstić information content (AvgIpc) is 3.10. The Hall–Kier alpha value is -2.06. The first kappa shape index (κ1) is 25.2. The molecular weight excluding hydrogens is 547 g/mol. The zero-order valence-corrected chi connectivity index (χ0v) is 23.2. The summed E-state index contributed by atoms with van der Waals surface area (Å²) in [5.41, 5.74) is 4.11. The van der Waals surface area contributed by atoms with Crippen molar-refractivity contribution >= 4 is 69.4 Å². The molecule has 192 valence electrons. The van der Waals surface area contributed by atoms with E-state index in [2.05, 4.69) is 5.43 Å². The van der Waals surface area contributed by atoms with E-state index in [9.17, 15) is 9.59 Å². The maximum absolute atomic E-state index is 13.5. The lowest BCUT2D eigenvalue weighted by atomic mass is 9.49. The average molecular weight is 574 g/mol. The molecular formula is C28H26Cl2N2O3S2. The Kier molecular flexibility index (Phi) is 6.76. The van der Waals surface area contributed by atoms with E-state index in [4.69, 9.17) is 40.2 Å². The Balaban J connectivity index is 1.19. The van der Waals surface area contributed by atoms with Crippen molar-refractivity contribution in [3.8, 4) is 5.75 Å². The highest BCUT2D eigenvalue weighted by Crippen LogP contribution is 2.60. The van der Waals surface area contributed by atoms with Crippen molar-refractivity contribution in [2.75, 3.05) is 0 Å². The Morgan fingerprint density at radius 2 is 1.76 bits per heavy atom. The highest BCUT2D eigenvalue weighted by Gasteiger charge is 2.55. The summed E-state index contributed by atoms with van der Waals surface area (Å²) in [7, 11) is 0. The molecule has 1 N–H and O–H groups in total. The van der Waals surface area contributed by atoms with Gasteiger partial charge in [-0.05, 0) is 110 Å². The lowest BCUT2D eigenvalue weighted by Gasteiger charge is -2.55. The lowest BCUT2D eigenvalue weighted by Crippen LogP contribution is -2.57. The van der Waals surface area contributed by atoms with Crippen LogP contribution in [0.4, 0.5) is 0 Å². The molecule has 5 fully saturated rings. The fourth-order valence-electron chi connectivity index (χ4n) is 6.87. The Bertz CT molecular complexity index is 1290. The lowest BCUT2D eigenvalue weighted by molar-refractivity contribution is -0.152. The number of hydrazine groups is 1. The van der Waals surface area contributed by atoms with Crippen LogP contribution in [0.1, 0.15) is 49.7 Å². The minimum atomic E-state index is -0.365. The highest BCUT2D eigenvalue weighted by molar-refractivity contribution is 8.26. The van der Waals surface area contributed by atoms with Gasteiger partial charge in [0.15, 0.2) is 4.32 Å². The van der Waals surface area contributed by atoms with Crippen LogP contribution in [0.2, 0.25) is 10.0 Å². The fourth-order valence-corrected chi connectivity index (χ4v) is 8.43. The molecule has 4 saturated carbocycles. The fraction of sp³-hybridized carbons (Fsp3) is 0.393. The molecule has 9 heteroatoms. The number of hydrogen-bond donors (Lipinski definition) is 1. The summed E-state index contributed by atoms with van der Waals surface area (Å²) < 4.78 is 6.35. The number of halogens is 2. The summed E-state index contributed by atoms with van der Waals surface area (Å²) in [4.78, 5) is 27.3. The van der Waals surface area contributed by atoms with Gasteiger partial charge in [0, 0.05) is 15.6 Å². The number of amides is 2. The van der Waals surface area contributed by atoms with Crippen LogP contribution in [0.3, 0.4) is 0 Å². The first-order chi connectivity index (χ1) is 17.8. The van der Waals surface area contributed by atoms with E-state index in [0.29, 0.717) is 54.9 Å². The number of carbonyl (C=O) groups is 2. The minimum Gasteiger partial charge on any atom is -0.488 e. The van der Waals surface area contributed by atoms with E-state index in [0.717, 1.165) is 36.6 Å². The van der Waals surface area contributed by atoms with Crippen molar-refractivity contribution in [1.29, 1.82) is 0 Å². The molecule has 1 heterocycles. The molecule has 37 heavy (non-hydrogen) atoms. The second kappa shape index (κ2) is 9.92. The first-order valence-corrected chi connectivity index (χ1v) is 14.5. The van der Waals surface area contributed by atoms with Crippen molar-refractivity contribution in [2.24, 2.45) is 23.2 Å². The topological polar surface area (TPSA) is 58.6 Å². The van der Waals surface area contributed by atoms with E-state index in [1.165, 1.54) is 24.3 Å². The van der Waals surface area contributed by atoms with Gasteiger partial charge in [0.05, 0.1) is 10.3 Å². The molecule has 0 unspecified atom stereocenters. The van der Waals surface area contributed by atoms with E-state index < -0.39 is 0 Å². The number of carbonyl (C=O) groups excluding carboxylic acids is 2. The number of thiocarbonyl (C=S) groups is 1. The van der Waals surface area contributed by atoms with Gasteiger partial charge in [0.25, 0.3) is 5.91 Å². The third-order valence-corrected chi connectivity index (χ3v) is 9.84. The molecule has 2 aromatic carbocycles. The van der Waals surface area contributed by atoms with Gasteiger partial charge < -0.3 is 4.74 Å². The van der Waals surface area contributed by atoms with E-state index >= 15 is 0 Å². The number of nitrogens with one attached hydrogen (secondary N) is 1. The zero-order chi connectivity index (χ0) is 25.7. The predicted octanol–water partition coefficient (Wildman–Crippen LogP) is 7.02. The Labute approximate surface area is 235 Å². The van der Waals surface area contributed by atoms with Crippen molar-refractivity contribution in [3.63, 3.8) is 0 Å². The number of ether oxygens (including phenoxy) is 1. The molecule has 2 aromatic rings. The van der Waals surface area contributed by atoms with Gasteiger partial charge in [-0.25, -0.2) is 0 Å². The molecule has 1 saturated heterocycles. The van der Waals surface area contributed by atoms with Crippen LogP contribution in [-0.2, 0) is 16.2 Å². The molecule has 4 aliphatic carbocycles. The van der Waals surface area contributed by atoms with Gasteiger partial charge >= 0.3 is 0 Å². The number of thioether (sulfide) groups is 1. The predicted molar refractivity (Wildman–Crippen MR) is 151 cm³/mol. The molecule has 0 aromatic heterocycles. The SMILES string of the molecule is O=C1/C(=C\c2cc(Cl)ccc2OCc2cccc(Cl)c2)SC(=S)N1NC(=O)C12CC3CC(CC(C3)C1)C2. The van der Waals surface area contributed by atoms with Gasteiger partial charge in [-0.1, -0.05) is 47.1 Å². The van der Waals surface area contributed by atoms with Crippen LogP contribution in [0.25, 0.3) is 6.08 Å². The summed E-state index contributed by atoms with van der Waals surface area (Å²) >= 11 is 19.0. The normalized spacial score (nSPS) is 29.3. The van der Waals surface area contributed by atoms with Crippen molar-refractivity contribution < 1.29 is 14.3 Å². The van der Waals surface area contributed by atoms with Crippen molar-refractivity contribution in [1.82, 2.24) is 10.4 Å². The Morgan fingerprint density at radius 3 is 2.43 bits per heavy atom. The summed E-state index contributed by atoms with van der Waals surface area (Å²) in [5, 5.41) is 2.40. The van der Waals surface area contributed by atoms with Crippen LogP contribution < -0.4 is 10.2 Å². The van der Waals surface area contributed by atoms with E-state index in [1.807, 2.05) is 24.3 Å². The van der Waals surface area contributed by atoms with Crippen LogP contribution in [-0.4, -0.2) is 21.1 Å². The first-order valence-electron chi connectivity index (χ1n) is 12.5. The minimum absolute atomic E-state index is 0.0579. The van der Waals surface area contributed by atoms with Gasteiger partial charge in [0.1, 0.15) is 12.4 Å². The molecule has 4 bridgehead atoms. The summed E-state index contributed by atoms with van der Waals surface area (Å²) in [6, 6.07) is 12.7. The maximum Gasteiger partial charge on any atom is 0.285 e. The molecule has 0 atom stereocenters. The maximum atomic E-state index is 13.5. The van der Waals surface area contributed by atoms with Crippen LogP contribution in [0, 0.1) is 23.2 Å². The third-order valence-electron chi connectivity index (χ3n) is 8.07. The molecule has 2 amide bonds. The highest BCUT2D eigenvalue weighted by atomic mass is 35.5. The third kappa shape index (κ3) is 5.03. The summed E-state index contributed by atoms with van der Waals surface area (Å²) in [6.45, 7) is 0.311. The second-order valence-electron chi connectivity index (χ2n) is 10.8. The Morgan fingerprint density at radius 1 is 1.08 bits per heavy atom. The quantitative estimate of drug-likeness (QED) is 0.297. The molecule has 5 nitrogen and oxygen atoms in total. The number of rotatable bonds is 6. The van der Waals surface area contributed by atoms with Gasteiger partial charge in [-0.15, -0.1) is 0 Å². The van der Waals surface area contributed by atoms with Crippen LogP contribution in [0.15, 0.2) is 47.4 Å². The van der Waals surface area contributed by atoms with Gasteiger partial charge in [-0.2, -0.15) is 5.01 Å². The zero-order valence-electron chi connectivity index (χ0n) is 20.0. The summed E-state index contributed by atoms with van der Waals surface area (Å²) in [6.07, 6.45) is 8.23. The second-order valence-corrected chi connectivity index (χ2v) is 13.3. The van der Waals surface area contributed by atoms with E-state index in [1.54, 1.807) is 24.3 Å². The smallest absolute Gasteiger partial charge is 0.285 e. The number of benzene rings is 2. The van der Waals surface area contributed by atoms with Gasteiger partial charge in [0.2, 0.25) is 5.91 Å². The molecule has 1 aliphatic heterocycles. The monoisotopic (exact) mass is 572 g/mol. The molecule has 7 rings (SSSR count). The molecule has 0 spiro atoms. The molecule has 0 radical (unpaired) electrons. The summed E-state index contributed by atoms with van der Waals surface area (Å²) in [5.74, 6) is 2.09. The van der Waals surface area contributed by atoms with Gasteiger partial charge in [-0.3, -0.25) is 15.0 Å². The molecule has 5 aliphatic rings. The number of hydrogen-bond acceptors (Lipinski definition) is 5. The largest absolute Gasteiger partial charge is 0.488 e. The standard InChI is InChI=1S/C28H26Cl2N2O3S2/c29-21-3-1-2-16(9-21)15-35-23-5-4-22(30)10-20(23)11-24-25(33)32(27(36)37-24)31-26(34)28-12-17-6-18(13-28)8-19(7-17)14-28/h1-5,9-11,17-19H,6-8,12-15H2,(H,31,34)/b24-11+. The van der Waals surface area contributed by atoms with E-state index in [-0.39, 0.29) is 17.2 Å². The van der Waals surface area contributed by atoms with Crippen molar-refractivity contribution in [2.45, 2.75) is 45.1 Å². The van der Waals surface area contributed by atoms with Crippen LogP contribution >= 0.6 is 47.2 Å².